The maximum absolute atomic E-state index is 12.7. The van der Waals surface area contributed by atoms with Crippen molar-refractivity contribution in [2.75, 3.05) is 18.7 Å². The third-order valence-corrected chi connectivity index (χ3v) is 6.49. The van der Waals surface area contributed by atoms with Crippen LogP contribution in [-0.4, -0.2) is 45.9 Å². The molecular formula is C22H16N4O7S. The van der Waals surface area contributed by atoms with Crippen molar-refractivity contribution in [2.45, 2.75) is 13.3 Å². The van der Waals surface area contributed by atoms with Crippen LogP contribution in [0.1, 0.15) is 36.9 Å². The molecule has 1 aromatic heterocycles. The number of fused-ring (bicyclic) bond motifs is 2. The number of rotatable bonds is 6. The van der Waals surface area contributed by atoms with Crippen LogP contribution in [0, 0.1) is 17.0 Å². The Hall–Kier alpha value is -4.32. The van der Waals surface area contributed by atoms with Gasteiger partial charge >= 0.3 is 0 Å². The number of thiazole rings is 1. The number of ether oxygens (including phenoxy) is 2. The number of nitro groups is 1. The summed E-state index contributed by atoms with van der Waals surface area (Å²) in [7, 11) is 0. The van der Waals surface area contributed by atoms with Crippen LogP contribution in [0.4, 0.5) is 10.8 Å². The van der Waals surface area contributed by atoms with E-state index < -0.39 is 34.9 Å². The lowest BCUT2D eigenvalue weighted by Crippen LogP contribution is -2.37. The molecule has 3 amide bonds. The van der Waals surface area contributed by atoms with Crippen LogP contribution in [0.5, 0.6) is 11.5 Å². The second-order valence-corrected chi connectivity index (χ2v) is 8.68. The molecule has 0 fully saturated rings. The first kappa shape index (κ1) is 21.5. The van der Waals surface area contributed by atoms with E-state index in [1.165, 1.54) is 23.5 Å². The molecule has 0 spiro atoms. The number of carbonyl (C=O) groups is 3. The number of amides is 3. The lowest BCUT2D eigenvalue weighted by Gasteiger charge is -2.12. The number of anilines is 1. The minimum Gasteiger partial charge on any atom is -0.454 e. The number of nitrogens with one attached hydrogen (secondary N) is 1. The Labute approximate surface area is 196 Å². The molecule has 2 aromatic carbocycles. The van der Waals surface area contributed by atoms with Gasteiger partial charge in [0.1, 0.15) is 12.1 Å². The van der Waals surface area contributed by atoms with Gasteiger partial charge in [-0.2, -0.15) is 0 Å². The predicted octanol–water partition coefficient (Wildman–Crippen LogP) is 2.91. The van der Waals surface area contributed by atoms with Gasteiger partial charge in [0.2, 0.25) is 12.7 Å². The minimum atomic E-state index is -0.874. The van der Waals surface area contributed by atoms with Gasteiger partial charge < -0.3 is 14.8 Å². The number of imide groups is 1. The molecule has 0 saturated carbocycles. The van der Waals surface area contributed by atoms with Crippen molar-refractivity contribution in [1.82, 2.24) is 9.88 Å². The summed E-state index contributed by atoms with van der Waals surface area (Å²) in [6, 6.07) is 9.45. The SMILES string of the molecule is Cc1nc(NC(=O)CN2C(=O)c3cccc([N+](=O)[O-])c3C2=O)sc1Cc1ccc2c(c1)OCO2. The monoisotopic (exact) mass is 480 g/mol. The number of carbonyl (C=O) groups excluding carboxylic acids is 3. The predicted molar refractivity (Wildman–Crippen MR) is 119 cm³/mol. The van der Waals surface area contributed by atoms with E-state index in [2.05, 4.69) is 10.3 Å². The molecule has 172 valence electrons. The Balaban J connectivity index is 1.27. The molecule has 5 rings (SSSR count). The van der Waals surface area contributed by atoms with Crippen LogP contribution in [0.3, 0.4) is 0 Å². The van der Waals surface area contributed by atoms with Crippen molar-refractivity contribution in [3.05, 3.63) is 73.8 Å². The fourth-order valence-electron chi connectivity index (χ4n) is 3.80. The Morgan fingerprint density at radius 1 is 1.21 bits per heavy atom. The molecule has 1 N–H and O–H groups in total. The molecule has 34 heavy (non-hydrogen) atoms. The second-order valence-electron chi connectivity index (χ2n) is 7.59. The van der Waals surface area contributed by atoms with E-state index >= 15 is 0 Å². The zero-order chi connectivity index (χ0) is 24.0. The molecule has 3 heterocycles. The highest BCUT2D eigenvalue weighted by Gasteiger charge is 2.41. The van der Waals surface area contributed by atoms with E-state index in [0.29, 0.717) is 28.0 Å². The van der Waals surface area contributed by atoms with Gasteiger partial charge in [-0.15, -0.1) is 11.3 Å². The highest BCUT2D eigenvalue weighted by Crippen LogP contribution is 2.34. The molecule has 0 unspecified atom stereocenters. The Bertz CT molecular complexity index is 1380. The summed E-state index contributed by atoms with van der Waals surface area (Å²) >= 11 is 1.28. The van der Waals surface area contributed by atoms with E-state index in [1.807, 2.05) is 25.1 Å². The molecule has 0 saturated heterocycles. The van der Waals surface area contributed by atoms with Crippen LogP contribution in [0.25, 0.3) is 0 Å². The molecular weight excluding hydrogens is 464 g/mol. The summed E-state index contributed by atoms with van der Waals surface area (Å²) in [6.07, 6.45) is 0.568. The molecule has 0 bridgehead atoms. The van der Waals surface area contributed by atoms with Crippen molar-refractivity contribution in [3.8, 4) is 11.5 Å². The third kappa shape index (κ3) is 3.73. The molecule has 11 nitrogen and oxygen atoms in total. The van der Waals surface area contributed by atoms with Gasteiger partial charge in [0.05, 0.1) is 16.2 Å². The number of nitro benzene ring substituents is 1. The maximum Gasteiger partial charge on any atom is 0.282 e. The minimum absolute atomic E-state index is 0.0943. The summed E-state index contributed by atoms with van der Waals surface area (Å²) in [4.78, 5) is 54.3. The first-order valence-electron chi connectivity index (χ1n) is 10.1. The van der Waals surface area contributed by atoms with Crippen molar-refractivity contribution in [2.24, 2.45) is 0 Å². The Morgan fingerprint density at radius 3 is 2.79 bits per heavy atom. The van der Waals surface area contributed by atoms with Gasteiger partial charge in [-0.1, -0.05) is 12.1 Å². The quantitative estimate of drug-likeness (QED) is 0.323. The highest BCUT2D eigenvalue weighted by atomic mass is 32.1. The molecule has 0 radical (unpaired) electrons. The molecule has 12 heteroatoms. The first-order chi connectivity index (χ1) is 16.3. The van der Waals surface area contributed by atoms with Gasteiger partial charge in [-0.05, 0) is 30.7 Å². The van der Waals surface area contributed by atoms with E-state index in [9.17, 15) is 24.5 Å². The fourth-order valence-corrected chi connectivity index (χ4v) is 4.81. The average Bonchev–Trinajstić information content (AvgIpc) is 3.47. The first-order valence-corrected chi connectivity index (χ1v) is 10.9. The van der Waals surface area contributed by atoms with E-state index in [1.54, 1.807) is 0 Å². The maximum atomic E-state index is 12.7. The number of aryl methyl sites for hydroxylation is 1. The lowest BCUT2D eigenvalue weighted by atomic mass is 10.1. The van der Waals surface area contributed by atoms with E-state index in [-0.39, 0.29) is 17.9 Å². The number of nitrogens with zero attached hydrogens (tertiary/aromatic N) is 3. The average molecular weight is 480 g/mol. The largest absolute Gasteiger partial charge is 0.454 e. The summed E-state index contributed by atoms with van der Waals surface area (Å²) in [5.74, 6) is -0.898. The van der Waals surface area contributed by atoms with Crippen molar-refractivity contribution >= 4 is 39.9 Å². The number of hydrogen-bond donors (Lipinski definition) is 1. The summed E-state index contributed by atoms with van der Waals surface area (Å²) in [5, 5.41) is 14.2. The third-order valence-electron chi connectivity index (χ3n) is 5.42. The Morgan fingerprint density at radius 2 is 2.00 bits per heavy atom. The smallest absolute Gasteiger partial charge is 0.282 e. The molecule has 0 aliphatic carbocycles. The summed E-state index contributed by atoms with van der Waals surface area (Å²) in [6.45, 7) is 1.42. The second kappa shape index (κ2) is 8.23. The molecule has 0 atom stereocenters. The van der Waals surface area contributed by atoms with Crippen LogP contribution in [-0.2, 0) is 11.2 Å². The summed E-state index contributed by atoms with van der Waals surface area (Å²) < 4.78 is 10.7. The van der Waals surface area contributed by atoms with E-state index in [4.69, 9.17) is 9.47 Å². The fraction of sp³-hybridized carbons (Fsp3) is 0.182. The normalized spacial score (nSPS) is 13.9. The van der Waals surface area contributed by atoms with Gasteiger partial charge in [-0.25, -0.2) is 4.98 Å². The van der Waals surface area contributed by atoms with Gasteiger partial charge in [0, 0.05) is 17.4 Å². The zero-order valence-corrected chi connectivity index (χ0v) is 18.5. The summed E-state index contributed by atoms with van der Waals surface area (Å²) in [5.41, 5.74) is 0.850. The number of aromatic nitrogens is 1. The highest BCUT2D eigenvalue weighted by molar-refractivity contribution is 7.15. The van der Waals surface area contributed by atoms with Gasteiger partial charge in [-0.3, -0.25) is 29.4 Å². The van der Waals surface area contributed by atoms with Crippen molar-refractivity contribution in [3.63, 3.8) is 0 Å². The molecule has 2 aliphatic rings. The van der Waals surface area contributed by atoms with Crippen LogP contribution < -0.4 is 14.8 Å². The van der Waals surface area contributed by atoms with Crippen molar-refractivity contribution < 1.29 is 28.8 Å². The van der Waals surface area contributed by atoms with E-state index in [0.717, 1.165) is 22.2 Å². The van der Waals surface area contributed by atoms with Crippen LogP contribution in [0.15, 0.2) is 36.4 Å². The lowest BCUT2D eigenvalue weighted by molar-refractivity contribution is -0.385. The molecule has 2 aliphatic heterocycles. The standard InChI is InChI=1S/C22H16N4O7S/c1-11-17(8-12-5-6-15-16(7-12)33-10-32-15)34-22(23-11)24-18(27)9-25-20(28)13-3-2-4-14(26(30)31)19(13)21(25)29/h2-7H,8-10H2,1H3,(H,23,24,27). The van der Waals surface area contributed by atoms with Crippen LogP contribution >= 0.6 is 11.3 Å². The number of benzene rings is 2. The van der Waals surface area contributed by atoms with Crippen LogP contribution in [0.2, 0.25) is 0 Å². The number of hydrogen-bond acceptors (Lipinski definition) is 9. The van der Waals surface area contributed by atoms with Gasteiger partial charge in [0.15, 0.2) is 16.6 Å². The zero-order valence-electron chi connectivity index (χ0n) is 17.7. The Kier molecular flexibility index (Phi) is 5.21. The van der Waals surface area contributed by atoms with Crippen molar-refractivity contribution in [1.29, 1.82) is 0 Å². The van der Waals surface area contributed by atoms with Gasteiger partial charge in [0.25, 0.3) is 17.5 Å². The molecule has 3 aromatic rings. The topological polar surface area (TPSA) is 141 Å².